The monoisotopic (exact) mass is 156 g/mol. The summed E-state index contributed by atoms with van der Waals surface area (Å²) >= 11 is 0. The van der Waals surface area contributed by atoms with Gasteiger partial charge in [-0.1, -0.05) is 13.8 Å². The first-order valence-corrected chi connectivity index (χ1v) is 4.38. The molecule has 0 saturated carbocycles. The van der Waals surface area contributed by atoms with Gasteiger partial charge in [0.05, 0.1) is 13.2 Å². The van der Waals surface area contributed by atoms with Gasteiger partial charge in [-0.25, -0.2) is 0 Å². The minimum Gasteiger partial charge on any atom is -0.379 e. The fraction of sp³-hybridized carbons (Fsp3) is 0.889. The molecule has 0 bridgehead atoms. The molecule has 0 N–H and O–H groups in total. The van der Waals surface area contributed by atoms with Gasteiger partial charge >= 0.3 is 0 Å². The van der Waals surface area contributed by atoms with E-state index >= 15 is 0 Å². The van der Waals surface area contributed by atoms with Crippen molar-refractivity contribution in [1.29, 1.82) is 0 Å². The molecule has 2 heteroatoms. The van der Waals surface area contributed by atoms with Crippen LogP contribution in [0.2, 0.25) is 0 Å². The summed E-state index contributed by atoms with van der Waals surface area (Å²) < 4.78 is 5.26. The molecule has 1 rings (SSSR count). The van der Waals surface area contributed by atoms with Crippen molar-refractivity contribution in [3.63, 3.8) is 0 Å². The van der Waals surface area contributed by atoms with E-state index < -0.39 is 0 Å². The number of rotatable bonds is 3. The molecule has 0 amide bonds. The fourth-order valence-corrected chi connectivity index (χ4v) is 1.21. The van der Waals surface area contributed by atoms with Crippen LogP contribution in [0.4, 0.5) is 0 Å². The Morgan fingerprint density at radius 2 is 1.91 bits per heavy atom. The fourth-order valence-electron chi connectivity index (χ4n) is 1.21. The largest absolute Gasteiger partial charge is 0.379 e. The van der Waals surface area contributed by atoms with Gasteiger partial charge in [-0.15, -0.1) is 0 Å². The first-order valence-electron chi connectivity index (χ1n) is 4.38. The second kappa shape index (κ2) is 4.73. The summed E-state index contributed by atoms with van der Waals surface area (Å²) in [5.41, 5.74) is 0. The molecule has 2 nitrogen and oxygen atoms in total. The highest BCUT2D eigenvalue weighted by atomic mass is 16.5. The second-order valence-corrected chi connectivity index (χ2v) is 3.41. The van der Waals surface area contributed by atoms with Crippen LogP contribution in [0.1, 0.15) is 20.3 Å². The Labute approximate surface area is 69.5 Å². The molecule has 1 aliphatic rings. The number of hydrogen-bond donors (Lipinski definition) is 0. The van der Waals surface area contributed by atoms with E-state index in [1.807, 2.05) is 0 Å². The molecule has 1 aliphatic heterocycles. The number of nitrogens with zero attached hydrogens (tertiary/aromatic N) is 1. The molecule has 0 aromatic carbocycles. The van der Waals surface area contributed by atoms with E-state index in [9.17, 15) is 0 Å². The molecule has 1 saturated heterocycles. The molecule has 0 aliphatic carbocycles. The maximum Gasteiger partial charge on any atom is 0.0594 e. The lowest BCUT2D eigenvalue weighted by molar-refractivity contribution is 0.0379. The van der Waals surface area contributed by atoms with Gasteiger partial charge in [-0.2, -0.15) is 0 Å². The average molecular weight is 156 g/mol. The molecule has 0 aromatic rings. The van der Waals surface area contributed by atoms with Crippen molar-refractivity contribution in [3.8, 4) is 0 Å². The molecule has 0 unspecified atom stereocenters. The van der Waals surface area contributed by atoms with E-state index in [-0.39, 0.29) is 0 Å². The number of morpholine rings is 1. The van der Waals surface area contributed by atoms with Crippen molar-refractivity contribution in [2.45, 2.75) is 20.3 Å². The van der Waals surface area contributed by atoms with Crippen LogP contribution in [0.3, 0.4) is 0 Å². The molecule has 1 radical (unpaired) electrons. The maximum atomic E-state index is 5.26. The standard InChI is InChI=1S/C9H18NO/c1-9(2)3-4-10-5-7-11-8-6-10/h3-8H2,1-2H3. The molecule has 1 heterocycles. The Kier molecular flexibility index (Phi) is 3.87. The van der Waals surface area contributed by atoms with Crippen molar-refractivity contribution >= 4 is 0 Å². The maximum absolute atomic E-state index is 5.26. The smallest absolute Gasteiger partial charge is 0.0594 e. The summed E-state index contributed by atoms with van der Waals surface area (Å²) in [6.07, 6.45) is 1.24. The van der Waals surface area contributed by atoms with E-state index in [0.29, 0.717) is 0 Å². The first kappa shape index (κ1) is 9.01. The van der Waals surface area contributed by atoms with Gasteiger partial charge in [0, 0.05) is 13.1 Å². The number of hydrogen-bond acceptors (Lipinski definition) is 2. The van der Waals surface area contributed by atoms with Gasteiger partial charge in [-0.3, -0.25) is 4.90 Å². The third-order valence-corrected chi connectivity index (χ3v) is 2.03. The van der Waals surface area contributed by atoms with Crippen LogP contribution in [0, 0.1) is 5.92 Å². The van der Waals surface area contributed by atoms with Crippen LogP contribution in [0.25, 0.3) is 0 Å². The van der Waals surface area contributed by atoms with Gasteiger partial charge in [0.25, 0.3) is 0 Å². The second-order valence-electron chi connectivity index (χ2n) is 3.41. The van der Waals surface area contributed by atoms with Gasteiger partial charge < -0.3 is 4.74 Å². The van der Waals surface area contributed by atoms with Gasteiger partial charge in [0.15, 0.2) is 0 Å². The Bertz CT molecular complexity index is 97.7. The Morgan fingerprint density at radius 1 is 1.27 bits per heavy atom. The molecule has 11 heavy (non-hydrogen) atoms. The highest BCUT2D eigenvalue weighted by Gasteiger charge is 2.09. The van der Waals surface area contributed by atoms with E-state index in [4.69, 9.17) is 4.74 Å². The predicted octanol–water partition coefficient (Wildman–Crippen LogP) is 1.32. The van der Waals surface area contributed by atoms with E-state index in [2.05, 4.69) is 18.7 Å². The van der Waals surface area contributed by atoms with Gasteiger partial charge in [0.2, 0.25) is 0 Å². The lowest BCUT2D eigenvalue weighted by atomic mass is 10.1. The summed E-state index contributed by atoms with van der Waals surface area (Å²) in [6, 6.07) is 0. The SMILES string of the molecule is C[C](C)CCN1CCOCC1. The molecule has 0 atom stereocenters. The van der Waals surface area contributed by atoms with Crippen LogP contribution in [0.15, 0.2) is 0 Å². The lowest BCUT2D eigenvalue weighted by Gasteiger charge is -2.26. The highest BCUT2D eigenvalue weighted by Crippen LogP contribution is 2.05. The lowest BCUT2D eigenvalue weighted by Crippen LogP contribution is -2.37. The Balaban J connectivity index is 2.05. The quantitative estimate of drug-likeness (QED) is 0.611. The molecular formula is C9H18NO. The summed E-state index contributed by atoms with van der Waals surface area (Å²) in [5, 5.41) is 0. The minimum absolute atomic E-state index is 0.919. The van der Waals surface area contributed by atoms with Crippen LogP contribution < -0.4 is 0 Å². The zero-order valence-electron chi connectivity index (χ0n) is 7.60. The van der Waals surface area contributed by atoms with Crippen LogP contribution >= 0.6 is 0 Å². The van der Waals surface area contributed by atoms with Crippen molar-refractivity contribution in [3.05, 3.63) is 5.92 Å². The van der Waals surface area contributed by atoms with E-state index in [1.54, 1.807) is 0 Å². The molecule has 0 aromatic heterocycles. The molecule has 0 spiro atoms. The van der Waals surface area contributed by atoms with Crippen LogP contribution in [-0.2, 0) is 4.74 Å². The predicted molar refractivity (Wildman–Crippen MR) is 46.5 cm³/mol. The number of ether oxygens (including phenoxy) is 1. The molecule has 1 fully saturated rings. The summed E-state index contributed by atoms with van der Waals surface area (Å²) in [5.74, 6) is 1.52. The van der Waals surface area contributed by atoms with E-state index in [1.165, 1.54) is 18.9 Å². The summed E-state index contributed by atoms with van der Waals surface area (Å²) in [6.45, 7) is 9.68. The van der Waals surface area contributed by atoms with Gasteiger partial charge in [0.1, 0.15) is 0 Å². The third kappa shape index (κ3) is 3.73. The molecule has 65 valence electrons. The van der Waals surface area contributed by atoms with Crippen LogP contribution in [0.5, 0.6) is 0 Å². The first-order chi connectivity index (χ1) is 5.29. The van der Waals surface area contributed by atoms with Gasteiger partial charge in [-0.05, 0) is 18.9 Å². The zero-order valence-corrected chi connectivity index (χ0v) is 7.60. The zero-order chi connectivity index (χ0) is 8.10. The summed E-state index contributed by atoms with van der Waals surface area (Å²) in [4.78, 5) is 2.47. The molecular weight excluding hydrogens is 138 g/mol. The van der Waals surface area contributed by atoms with Crippen molar-refractivity contribution in [1.82, 2.24) is 4.90 Å². The minimum atomic E-state index is 0.919. The van der Waals surface area contributed by atoms with Crippen LogP contribution in [-0.4, -0.2) is 37.7 Å². The topological polar surface area (TPSA) is 12.5 Å². The third-order valence-electron chi connectivity index (χ3n) is 2.03. The van der Waals surface area contributed by atoms with Crippen molar-refractivity contribution in [2.75, 3.05) is 32.8 Å². The average Bonchev–Trinajstić information content (AvgIpc) is 2.03. The Hall–Kier alpha value is -0.0800. The highest BCUT2D eigenvalue weighted by molar-refractivity contribution is 4.78. The van der Waals surface area contributed by atoms with E-state index in [0.717, 1.165) is 26.3 Å². The normalized spacial score (nSPS) is 21.0. The Morgan fingerprint density at radius 3 is 2.45 bits per heavy atom. The van der Waals surface area contributed by atoms with Crippen molar-refractivity contribution < 1.29 is 4.74 Å². The summed E-state index contributed by atoms with van der Waals surface area (Å²) in [7, 11) is 0. The van der Waals surface area contributed by atoms with Crippen molar-refractivity contribution in [2.24, 2.45) is 0 Å².